The highest BCUT2D eigenvalue weighted by molar-refractivity contribution is 8.15. The molecule has 0 N–H and O–H groups in total. The SMILES string of the molecule is CCCCCc1ccc(C2=Nc3ccc4c5c(ccc(c35)S2)N=C(c2ccc(CCCCC)s2)S4)s1. The van der Waals surface area contributed by atoms with Gasteiger partial charge in [-0.15, -0.1) is 22.7 Å². The van der Waals surface area contributed by atoms with Gasteiger partial charge in [-0.05, 0) is 74.2 Å². The molecule has 2 aliphatic heterocycles. The third-order valence-electron chi connectivity index (χ3n) is 6.70. The van der Waals surface area contributed by atoms with Crippen molar-refractivity contribution in [1.29, 1.82) is 0 Å². The molecular weight excluding hydrogens is 517 g/mol. The molecule has 0 atom stereocenters. The number of benzene rings is 2. The van der Waals surface area contributed by atoms with Crippen molar-refractivity contribution in [3.63, 3.8) is 0 Å². The zero-order valence-corrected chi connectivity index (χ0v) is 24.1. The fourth-order valence-electron chi connectivity index (χ4n) is 4.79. The second-order valence-corrected chi connectivity index (χ2v) is 13.8. The number of thioether (sulfide) groups is 2. The molecule has 0 bridgehead atoms. The van der Waals surface area contributed by atoms with Gasteiger partial charge in [0.25, 0.3) is 0 Å². The van der Waals surface area contributed by atoms with Gasteiger partial charge < -0.3 is 0 Å². The van der Waals surface area contributed by atoms with Gasteiger partial charge in [0.2, 0.25) is 0 Å². The van der Waals surface area contributed by atoms with Crippen molar-refractivity contribution >= 4 is 78.4 Å². The summed E-state index contributed by atoms with van der Waals surface area (Å²) in [5.74, 6) is 0. The second-order valence-electron chi connectivity index (χ2n) is 9.40. The summed E-state index contributed by atoms with van der Waals surface area (Å²) < 4.78 is 0. The van der Waals surface area contributed by atoms with E-state index in [2.05, 4.69) is 62.4 Å². The van der Waals surface area contributed by atoms with Crippen LogP contribution in [0.25, 0.3) is 10.8 Å². The molecule has 4 aromatic rings. The Hall–Kier alpha value is -1.86. The molecule has 2 aromatic heterocycles. The van der Waals surface area contributed by atoms with Gasteiger partial charge >= 0.3 is 0 Å². The highest BCUT2D eigenvalue weighted by atomic mass is 32.2. The van der Waals surface area contributed by atoms with Crippen molar-refractivity contribution < 1.29 is 0 Å². The zero-order chi connectivity index (χ0) is 24.5. The Kier molecular flexibility index (Phi) is 7.38. The number of rotatable bonds is 10. The van der Waals surface area contributed by atoms with Gasteiger partial charge in [-0.25, -0.2) is 9.98 Å². The fraction of sp³-hybridized carbons (Fsp3) is 0.333. The van der Waals surface area contributed by atoms with Crippen LogP contribution in [0.2, 0.25) is 0 Å². The van der Waals surface area contributed by atoms with E-state index in [0.717, 1.165) is 21.5 Å². The van der Waals surface area contributed by atoms with Gasteiger partial charge in [-0.1, -0.05) is 63.1 Å². The van der Waals surface area contributed by atoms with Crippen LogP contribution in [-0.4, -0.2) is 10.1 Å². The maximum absolute atomic E-state index is 5.13. The number of hydrogen-bond donors (Lipinski definition) is 0. The van der Waals surface area contributed by atoms with Gasteiger partial charge in [-0.3, -0.25) is 0 Å². The van der Waals surface area contributed by atoms with Crippen molar-refractivity contribution in [1.82, 2.24) is 0 Å². The van der Waals surface area contributed by atoms with Gasteiger partial charge in [-0.2, -0.15) is 0 Å². The normalized spacial score (nSPS) is 14.3. The molecule has 0 fully saturated rings. The molecule has 36 heavy (non-hydrogen) atoms. The monoisotopic (exact) mass is 546 g/mol. The van der Waals surface area contributed by atoms with Crippen LogP contribution in [0.3, 0.4) is 0 Å². The molecule has 6 heteroatoms. The summed E-state index contributed by atoms with van der Waals surface area (Å²) in [5.41, 5.74) is 2.16. The molecule has 0 saturated carbocycles. The molecule has 2 aromatic carbocycles. The number of hydrogen-bond acceptors (Lipinski definition) is 6. The van der Waals surface area contributed by atoms with E-state index in [4.69, 9.17) is 9.98 Å². The smallest absolute Gasteiger partial charge is 0.119 e. The maximum atomic E-state index is 5.13. The molecular formula is C30H30N2S4. The van der Waals surface area contributed by atoms with Crippen molar-refractivity contribution in [3.8, 4) is 0 Å². The third kappa shape index (κ3) is 4.85. The van der Waals surface area contributed by atoms with Crippen LogP contribution < -0.4 is 0 Å². The summed E-state index contributed by atoms with van der Waals surface area (Å²) in [7, 11) is 0. The van der Waals surface area contributed by atoms with E-state index >= 15 is 0 Å². The first kappa shape index (κ1) is 24.5. The van der Waals surface area contributed by atoms with Crippen LogP contribution in [0.15, 0.2) is 68.3 Å². The number of thiophene rings is 2. The molecule has 184 valence electrons. The quantitative estimate of drug-likeness (QED) is 0.185. The third-order valence-corrected chi connectivity index (χ3v) is 11.4. The van der Waals surface area contributed by atoms with Crippen molar-refractivity contribution in [2.45, 2.75) is 75.0 Å². The number of aryl methyl sites for hydroxylation is 2. The summed E-state index contributed by atoms with van der Waals surface area (Å²) in [6.07, 6.45) is 10.0. The summed E-state index contributed by atoms with van der Waals surface area (Å²) in [4.78, 5) is 18.4. The Morgan fingerprint density at radius 3 is 1.47 bits per heavy atom. The molecule has 4 heterocycles. The van der Waals surface area contributed by atoms with Gasteiger partial charge in [0.05, 0.1) is 21.1 Å². The standard InChI is InChI=1S/C30H30N2S4/c1-3-5-7-9-19-11-15-25(33-19)29-31-21-13-18-24-28-22(14-17-23(35-29)27(21)28)32-30(36-24)26-16-12-20(34-26)10-8-6-4-2/h11-18H,3-10H2,1-2H3. The minimum absolute atomic E-state index is 1.08. The lowest BCUT2D eigenvalue weighted by atomic mass is 10.1. The molecule has 0 spiro atoms. The molecule has 0 aliphatic carbocycles. The van der Waals surface area contributed by atoms with Gasteiger partial charge in [0.15, 0.2) is 0 Å². The Labute approximate surface area is 230 Å². The minimum Gasteiger partial charge on any atom is -0.240 e. The lowest BCUT2D eigenvalue weighted by Gasteiger charge is -2.21. The summed E-state index contributed by atoms with van der Waals surface area (Å²) in [6.45, 7) is 4.53. The maximum Gasteiger partial charge on any atom is 0.119 e. The van der Waals surface area contributed by atoms with Crippen LogP contribution in [0.1, 0.15) is 71.9 Å². The van der Waals surface area contributed by atoms with Crippen LogP contribution >= 0.6 is 46.2 Å². The van der Waals surface area contributed by atoms with E-state index < -0.39 is 0 Å². The summed E-state index contributed by atoms with van der Waals surface area (Å²) >= 11 is 7.43. The van der Waals surface area contributed by atoms with Crippen molar-refractivity contribution in [2.24, 2.45) is 9.98 Å². The van der Waals surface area contributed by atoms with Crippen molar-refractivity contribution in [2.75, 3.05) is 0 Å². The molecule has 2 aliphatic rings. The topological polar surface area (TPSA) is 24.7 Å². The van der Waals surface area contributed by atoms with Crippen LogP contribution in [-0.2, 0) is 12.8 Å². The van der Waals surface area contributed by atoms with E-state index in [1.54, 1.807) is 0 Å². The molecule has 0 unspecified atom stereocenters. The van der Waals surface area contributed by atoms with Crippen LogP contribution in [0.5, 0.6) is 0 Å². The van der Waals surface area contributed by atoms with Crippen LogP contribution in [0, 0.1) is 0 Å². The van der Waals surface area contributed by atoms with Gasteiger partial charge in [0, 0.05) is 30.3 Å². The number of aliphatic imine (C=N–C) groups is 2. The van der Waals surface area contributed by atoms with Gasteiger partial charge in [0.1, 0.15) is 10.1 Å². The highest BCUT2D eigenvalue weighted by Crippen LogP contribution is 2.51. The second kappa shape index (κ2) is 10.9. The molecule has 6 rings (SSSR count). The molecule has 0 saturated heterocycles. The zero-order valence-electron chi connectivity index (χ0n) is 20.8. The Balaban J connectivity index is 1.30. The lowest BCUT2D eigenvalue weighted by molar-refractivity contribution is 0.722. The predicted molar refractivity (Wildman–Crippen MR) is 163 cm³/mol. The van der Waals surface area contributed by atoms with E-state index in [0.29, 0.717) is 0 Å². The number of nitrogens with zero attached hydrogens (tertiary/aromatic N) is 2. The van der Waals surface area contributed by atoms with E-state index in [1.165, 1.54) is 91.4 Å². The van der Waals surface area contributed by atoms with Crippen molar-refractivity contribution in [3.05, 3.63) is 68.0 Å². The highest BCUT2D eigenvalue weighted by Gasteiger charge is 2.25. The van der Waals surface area contributed by atoms with E-state index in [1.807, 2.05) is 46.2 Å². The predicted octanol–water partition coefficient (Wildman–Crippen LogP) is 10.8. The first-order valence-corrected chi connectivity index (χ1v) is 16.3. The Morgan fingerprint density at radius 1 is 0.556 bits per heavy atom. The first-order valence-electron chi connectivity index (χ1n) is 13.0. The molecule has 0 radical (unpaired) electrons. The van der Waals surface area contributed by atoms with Crippen LogP contribution in [0.4, 0.5) is 11.4 Å². The Bertz CT molecular complexity index is 1360. The molecule has 0 amide bonds. The molecule has 2 nitrogen and oxygen atoms in total. The Morgan fingerprint density at radius 2 is 1.03 bits per heavy atom. The lowest BCUT2D eigenvalue weighted by Crippen LogP contribution is -2.01. The van der Waals surface area contributed by atoms with E-state index in [9.17, 15) is 0 Å². The number of unbranched alkanes of at least 4 members (excludes halogenated alkanes) is 4. The average molecular weight is 547 g/mol. The first-order chi connectivity index (χ1) is 17.7. The summed E-state index contributed by atoms with van der Waals surface area (Å²) in [6, 6.07) is 18.0. The fourth-order valence-corrected chi connectivity index (χ4v) is 9.09. The van der Waals surface area contributed by atoms with E-state index in [-0.39, 0.29) is 0 Å². The minimum atomic E-state index is 1.08. The summed E-state index contributed by atoms with van der Waals surface area (Å²) in [5, 5.41) is 4.78. The largest absolute Gasteiger partial charge is 0.240 e. The average Bonchev–Trinajstić information content (AvgIpc) is 3.57.